The summed E-state index contributed by atoms with van der Waals surface area (Å²) in [5, 5.41) is 2.76. The molecular formula is C13H21N3O. The molecule has 0 aliphatic heterocycles. The monoisotopic (exact) mass is 235 g/mol. The van der Waals surface area contributed by atoms with Crippen LogP contribution < -0.4 is 11.1 Å². The second-order valence-corrected chi connectivity index (χ2v) is 5.44. The van der Waals surface area contributed by atoms with Crippen molar-refractivity contribution in [3.8, 4) is 0 Å². The Morgan fingerprint density at radius 3 is 2.71 bits per heavy atom. The van der Waals surface area contributed by atoms with Crippen molar-refractivity contribution in [2.75, 3.05) is 5.32 Å². The summed E-state index contributed by atoms with van der Waals surface area (Å²) in [4.78, 5) is 15.8. The fourth-order valence-electron chi connectivity index (χ4n) is 1.30. The number of hydrogen-bond donors (Lipinski definition) is 2. The third kappa shape index (κ3) is 4.53. The van der Waals surface area contributed by atoms with Gasteiger partial charge in [0.25, 0.3) is 0 Å². The van der Waals surface area contributed by atoms with E-state index in [4.69, 9.17) is 5.73 Å². The summed E-state index contributed by atoms with van der Waals surface area (Å²) in [6.07, 6.45) is 1.98. The van der Waals surface area contributed by atoms with Gasteiger partial charge in [0.1, 0.15) is 5.82 Å². The molecule has 0 radical (unpaired) electrons. The van der Waals surface area contributed by atoms with Gasteiger partial charge in [0.05, 0.1) is 0 Å². The van der Waals surface area contributed by atoms with Crippen LogP contribution in [0.2, 0.25) is 0 Å². The van der Waals surface area contributed by atoms with Gasteiger partial charge >= 0.3 is 0 Å². The van der Waals surface area contributed by atoms with Crippen molar-refractivity contribution in [3.63, 3.8) is 0 Å². The van der Waals surface area contributed by atoms with Crippen molar-refractivity contribution in [2.45, 2.75) is 40.2 Å². The highest BCUT2D eigenvalue weighted by molar-refractivity contribution is 5.90. The van der Waals surface area contributed by atoms with E-state index >= 15 is 0 Å². The molecule has 4 nitrogen and oxygen atoms in total. The summed E-state index contributed by atoms with van der Waals surface area (Å²) in [5.41, 5.74) is 6.95. The summed E-state index contributed by atoms with van der Waals surface area (Å²) in [6.45, 7) is 8.03. The lowest BCUT2D eigenvalue weighted by molar-refractivity contribution is -0.117. The van der Waals surface area contributed by atoms with Gasteiger partial charge in [0.2, 0.25) is 5.91 Å². The smallest absolute Gasteiger partial charge is 0.227 e. The minimum absolute atomic E-state index is 0.0721. The van der Waals surface area contributed by atoms with Crippen molar-refractivity contribution in [1.82, 2.24) is 4.98 Å². The van der Waals surface area contributed by atoms with Gasteiger partial charge in [-0.25, -0.2) is 4.98 Å². The van der Waals surface area contributed by atoms with Gasteiger partial charge in [-0.2, -0.15) is 0 Å². The summed E-state index contributed by atoms with van der Waals surface area (Å²) in [5.74, 6) is 0.488. The molecule has 1 heterocycles. The number of nitrogens with zero attached hydrogens (tertiary/aromatic N) is 1. The van der Waals surface area contributed by atoms with E-state index in [1.165, 1.54) is 0 Å². The predicted octanol–water partition coefficient (Wildman–Crippen LogP) is 2.09. The maximum atomic E-state index is 11.7. The summed E-state index contributed by atoms with van der Waals surface area (Å²) < 4.78 is 0. The zero-order valence-electron chi connectivity index (χ0n) is 10.9. The van der Waals surface area contributed by atoms with Gasteiger partial charge in [-0.05, 0) is 30.0 Å². The molecule has 0 aliphatic carbocycles. The van der Waals surface area contributed by atoms with Crippen LogP contribution in [0.3, 0.4) is 0 Å². The standard InChI is InChI=1S/C13H21N3O/c1-9-5-6-15-11(7-9)16-12(17)8-10(14)13(2,3)4/h5-7,10H,8,14H2,1-4H3,(H,15,16,17). The zero-order valence-corrected chi connectivity index (χ0v) is 10.9. The van der Waals surface area contributed by atoms with E-state index in [1.54, 1.807) is 6.20 Å². The minimum Gasteiger partial charge on any atom is -0.327 e. The van der Waals surface area contributed by atoms with Gasteiger partial charge in [-0.3, -0.25) is 4.79 Å². The number of amides is 1. The number of rotatable bonds is 3. The number of nitrogens with two attached hydrogens (primary N) is 1. The Kier molecular flexibility index (Phi) is 4.23. The number of pyridine rings is 1. The van der Waals surface area contributed by atoms with Crippen LogP contribution in [-0.2, 0) is 4.79 Å². The first-order valence-corrected chi connectivity index (χ1v) is 5.77. The number of aromatic nitrogens is 1. The highest BCUT2D eigenvalue weighted by Crippen LogP contribution is 2.20. The third-order valence-corrected chi connectivity index (χ3v) is 2.70. The zero-order chi connectivity index (χ0) is 13.1. The number of nitrogens with one attached hydrogen (secondary N) is 1. The average molecular weight is 235 g/mol. The van der Waals surface area contributed by atoms with Crippen LogP contribution in [0.1, 0.15) is 32.8 Å². The Hall–Kier alpha value is -1.42. The molecule has 0 saturated heterocycles. The molecule has 1 atom stereocenters. The molecule has 4 heteroatoms. The van der Waals surface area contributed by atoms with Gasteiger partial charge in [0.15, 0.2) is 0 Å². The SMILES string of the molecule is Cc1ccnc(NC(=O)CC(N)C(C)(C)C)c1. The topological polar surface area (TPSA) is 68.0 Å². The Morgan fingerprint density at radius 1 is 1.53 bits per heavy atom. The lowest BCUT2D eigenvalue weighted by Gasteiger charge is -2.26. The number of carbonyl (C=O) groups is 1. The third-order valence-electron chi connectivity index (χ3n) is 2.70. The van der Waals surface area contributed by atoms with Crippen LogP contribution in [-0.4, -0.2) is 16.9 Å². The van der Waals surface area contributed by atoms with Crippen molar-refractivity contribution in [3.05, 3.63) is 23.9 Å². The largest absolute Gasteiger partial charge is 0.327 e. The molecule has 0 saturated carbocycles. The fraction of sp³-hybridized carbons (Fsp3) is 0.538. The summed E-state index contributed by atoms with van der Waals surface area (Å²) >= 11 is 0. The number of anilines is 1. The molecule has 1 rings (SSSR count). The lowest BCUT2D eigenvalue weighted by atomic mass is 9.85. The molecule has 0 aliphatic rings. The number of aryl methyl sites for hydroxylation is 1. The molecule has 1 aromatic rings. The molecule has 1 amide bonds. The van der Waals surface area contributed by atoms with Crippen LogP contribution in [0, 0.1) is 12.3 Å². The highest BCUT2D eigenvalue weighted by Gasteiger charge is 2.23. The predicted molar refractivity (Wildman–Crippen MR) is 69.7 cm³/mol. The molecule has 0 fully saturated rings. The molecular weight excluding hydrogens is 214 g/mol. The number of hydrogen-bond acceptors (Lipinski definition) is 3. The van der Waals surface area contributed by atoms with Gasteiger partial charge in [-0.15, -0.1) is 0 Å². The fourth-order valence-corrected chi connectivity index (χ4v) is 1.30. The van der Waals surface area contributed by atoms with Crippen LogP contribution in [0.15, 0.2) is 18.3 Å². The highest BCUT2D eigenvalue weighted by atomic mass is 16.1. The maximum absolute atomic E-state index is 11.7. The van der Waals surface area contributed by atoms with Crippen LogP contribution >= 0.6 is 0 Å². The summed E-state index contributed by atoms with van der Waals surface area (Å²) in [7, 11) is 0. The van der Waals surface area contributed by atoms with Crippen LogP contribution in [0.5, 0.6) is 0 Å². The van der Waals surface area contributed by atoms with E-state index < -0.39 is 0 Å². The molecule has 3 N–H and O–H groups in total. The number of carbonyl (C=O) groups excluding carboxylic acids is 1. The molecule has 94 valence electrons. The molecule has 0 bridgehead atoms. The van der Waals surface area contributed by atoms with E-state index in [0.717, 1.165) is 5.56 Å². The first kappa shape index (κ1) is 13.6. The van der Waals surface area contributed by atoms with Crippen molar-refractivity contribution in [1.29, 1.82) is 0 Å². The molecule has 0 aromatic carbocycles. The summed E-state index contributed by atoms with van der Waals surface area (Å²) in [6, 6.07) is 3.56. The second kappa shape index (κ2) is 5.27. The second-order valence-electron chi connectivity index (χ2n) is 5.44. The maximum Gasteiger partial charge on any atom is 0.227 e. The van der Waals surface area contributed by atoms with Crippen molar-refractivity contribution < 1.29 is 4.79 Å². The Labute approximate surface area is 103 Å². The average Bonchev–Trinajstić information content (AvgIpc) is 2.15. The van der Waals surface area contributed by atoms with Gasteiger partial charge < -0.3 is 11.1 Å². The van der Waals surface area contributed by atoms with Crippen molar-refractivity contribution in [2.24, 2.45) is 11.1 Å². The van der Waals surface area contributed by atoms with E-state index in [2.05, 4.69) is 10.3 Å². The molecule has 1 aromatic heterocycles. The van der Waals surface area contributed by atoms with Crippen molar-refractivity contribution >= 4 is 11.7 Å². The van der Waals surface area contributed by atoms with E-state index in [-0.39, 0.29) is 17.4 Å². The minimum atomic E-state index is -0.160. The quantitative estimate of drug-likeness (QED) is 0.843. The molecule has 17 heavy (non-hydrogen) atoms. The lowest BCUT2D eigenvalue weighted by Crippen LogP contribution is -2.38. The Bertz CT molecular complexity index is 396. The van der Waals surface area contributed by atoms with Gasteiger partial charge in [0, 0.05) is 18.7 Å². The van der Waals surface area contributed by atoms with E-state index in [9.17, 15) is 4.79 Å². The normalized spacial score (nSPS) is 13.2. The van der Waals surface area contributed by atoms with Crippen LogP contribution in [0.25, 0.3) is 0 Å². The first-order valence-electron chi connectivity index (χ1n) is 5.77. The molecule has 1 unspecified atom stereocenters. The Morgan fingerprint density at radius 2 is 2.18 bits per heavy atom. The van der Waals surface area contributed by atoms with Gasteiger partial charge in [-0.1, -0.05) is 20.8 Å². The Balaban J connectivity index is 2.56. The first-order chi connectivity index (χ1) is 7.79. The molecule has 0 spiro atoms. The van der Waals surface area contributed by atoms with E-state index in [1.807, 2.05) is 39.8 Å². The van der Waals surface area contributed by atoms with Crippen LogP contribution in [0.4, 0.5) is 5.82 Å². The van der Waals surface area contributed by atoms with E-state index in [0.29, 0.717) is 12.2 Å².